The number of benzene rings is 1. The summed E-state index contributed by atoms with van der Waals surface area (Å²) >= 11 is 0. The molecular weight excluding hydrogens is 238 g/mol. The van der Waals surface area contributed by atoms with Crippen molar-refractivity contribution < 1.29 is 8.78 Å². The quantitative estimate of drug-likeness (QED) is 0.904. The highest BCUT2D eigenvalue weighted by Crippen LogP contribution is 2.18. The van der Waals surface area contributed by atoms with Crippen LogP contribution < -0.4 is 10.6 Å². The van der Waals surface area contributed by atoms with Gasteiger partial charge in [0.1, 0.15) is 5.82 Å². The molecule has 2 aromatic rings. The number of halogens is 2. The lowest BCUT2D eigenvalue weighted by molar-refractivity contribution is 0.594. The van der Waals surface area contributed by atoms with Crippen LogP contribution >= 0.6 is 0 Å². The molecule has 0 aliphatic rings. The molecule has 4 nitrogen and oxygen atoms in total. The van der Waals surface area contributed by atoms with Gasteiger partial charge in [0.25, 0.3) is 0 Å². The van der Waals surface area contributed by atoms with E-state index < -0.39 is 5.82 Å². The van der Waals surface area contributed by atoms with Crippen LogP contribution in [0.25, 0.3) is 0 Å². The van der Waals surface area contributed by atoms with Gasteiger partial charge < -0.3 is 10.6 Å². The predicted octanol–water partition coefficient (Wildman–Crippen LogP) is 1.97. The largest absolute Gasteiger partial charge is 0.368 e. The molecular formula is C12H12F2N4. The molecule has 2 rings (SSSR count). The Kier molecular flexibility index (Phi) is 3.36. The zero-order valence-electron chi connectivity index (χ0n) is 9.77. The van der Waals surface area contributed by atoms with E-state index in [0.717, 1.165) is 6.20 Å². The van der Waals surface area contributed by atoms with E-state index in [1.807, 2.05) is 0 Å². The molecule has 0 bridgehead atoms. The van der Waals surface area contributed by atoms with Gasteiger partial charge in [-0.2, -0.15) is 4.98 Å². The zero-order chi connectivity index (χ0) is 13.1. The predicted molar refractivity (Wildman–Crippen MR) is 64.9 cm³/mol. The third kappa shape index (κ3) is 2.53. The van der Waals surface area contributed by atoms with Crippen molar-refractivity contribution in [1.82, 2.24) is 9.97 Å². The maximum Gasteiger partial charge on any atom is 0.222 e. The first-order chi connectivity index (χ1) is 8.58. The first kappa shape index (κ1) is 12.2. The Morgan fingerprint density at radius 2 is 1.94 bits per heavy atom. The maximum absolute atomic E-state index is 13.5. The van der Waals surface area contributed by atoms with Crippen LogP contribution in [0.2, 0.25) is 0 Å². The number of rotatable bonds is 3. The molecule has 18 heavy (non-hydrogen) atoms. The van der Waals surface area contributed by atoms with Gasteiger partial charge in [-0.3, -0.25) is 0 Å². The van der Waals surface area contributed by atoms with Crippen LogP contribution in [-0.4, -0.2) is 17.0 Å². The first-order valence-corrected chi connectivity index (χ1v) is 5.30. The molecule has 0 saturated carbocycles. The summed E-state index contributed by atoms with van der Waals surface area (Å²) in [5, 5.41) is 0. The topological polar surface area (TPSA) is 55.0 Å². The van der Waals surface area contributed by atoms with Crippen LogP contribution in [0.3, 0.4) is 0 Å². The number of aromatic nitrogens is 2. The molecule has 0 spiro atoms. The lowest BCUT2D eigenvalue weighted by Crippen LogP contribution is -2.20. The number of nitrogen functional groups attached to an aromatic ring is 1. The second-order valence-electron chi connectivity index (χ2n) is 3.85. The fourth-order valence-electron chi connectivity index (χ4n) is 1.60. The Balaban J connectivity index is 2.25. The van der Waals surface area contributed by atoms with Gasteiger partial charge in [0.2, 0.25) is 5.95 Å². The van der Waals surface area contributed by atoms with Crippen molar-refractivity contribution >= 4 is 11.8 Å². The highest BCUT2D eigenvalue weighted by Gasteiger charge is 2.12. The molecule has 94 valence electrons. The standard InChI is InChI=1S/C12H12F2N4/c1-18(7-8-4-2-3-5-9(8)13)11-10(14)6-16-12(15)17-11/h2-6H,7H2,1H3,(H2,15,16,17). The lowest BCUT2D eigenvalue weighted by atomic mass is 10.2. The van der Waals surface area contributed by atoms with Crippen LogP contribution in [0.15, 0.2) is 30.5 Å². The molecule has 0 atom stereocenters. The van der Waals surface area contributed by atoms with Gasteiger partial charge in [-0.05, 0) is 6.07 Å². The highest BCUT2D eigenvalue weighted by molar-refractivity contribution is 5.42. The van der Waals surface area contributed by atoms with E-state index in [9.17, 15) is 8.78 Å². The van der Waals surface area contributed by atoms with Gasteiger partial charge in [-0.15, -0.1) is 0 Å². The van der Waals surface area contributed by atoms with Crippen molar-refractivity contribution in [2.75, 3.05) is 17.7 Å². The smallest absolute Gasteiger partial charge is 0.222 e. The second kappa shape index (κ2) is 4.95. The van der Waals surface area contributed by atoms with Gasteiger partial charge in [0, 0.05) is 19.2 Å². The van der Waals surface area contributed by atoms with E-state index >= 15 is 0 Å². The van der Waals surface area contributed by atoms with E-state index in [1.54, 1.807) is 25.2 Å². The molecule has 0 aliphatic carbocycles. The summed E-state index contributed by atoms with van der Waals surface area (Å²) < 4.78 is 27.0. The van der Waals surface area contributed by atoms with E-state index in [-0.39, 0.29) is 24.1 Å². The van der Waals surface area contributed by atoms with Crippen molar-refractivity contribution in [3.8, 4) is 0 Å². The van der Waals surface area contributed by atoms with Crippen LogP contribution in [0.1, 0.15) is 5.56 Å². The molecule has 0 aliphatic heterocycles. The van der Waals surface area contributed by atoms with E-state index in [2.05, 4.69) is 9.97 Å². The van der Waals surface area contributed by atoms with Gasteiger partial charge in [-0.25, -0.2) is 13.8 Å². The van der Waals surface area contributed by atoms with Crippen molar-refractivity contribution in [2.45, 2.75) is 6.54 Å². The van der Waals surface area contributed by atoms with Gasteiger partial charge >= 0.3 is 0 Å². The van der Waals surface area contributed by atoms with E-state index in [4.69, 9.17) is 5.73 Å². The minimum atomic E-state index is -0.594. The second-order valence-corrected chi connectivity index (χ2v) is 3.85. The number of hydrogen-bond donors (Lipinski definition) is 1. The van der Waals surface area contributed by atoms with Crippen LogP contribution in [0.4, 0.5) is 20.5 Å². The molecule has 0 unspecified atom stereocenters. The molecule has 0 radical (unpaired) electrons. The van der Waals surface area contributed by atoms with Gasteiger partial charge in [0.05, 0.1) is 6.20 Å². The number of nitrogens with two attached hydrogens (primary N) is 1. The fourth-order valence-corrected chi connectivity index (χ4v) is 1.60. The Bertz CT molecular complexity index is 560. The molecule has 1 aromatic carbocycles. The molecule has 1 heterocycles. The fraction of sp³-hybridized carbons (Fsp3) is 0.167. The molecule has 6 heteroatoms. The Morgan fingerprint density at radius 1 is 1.22 bits per heavy atom. The number of nitrogens with zero attached hydrogens (tertiary/aromatic N) is 3. The molecule has 2 N–H and O–H groups in total. The van der Waals surface area contributed by atoms with Crippen molar-refractivity contribution in [3.63, 3.8) is 0 Å². The Hall–Kier alpha value is -2.24. The first-order valence-electron chi connectivity index (χ1n) is 5.30. The molecule has 0 saturated heterocycles. The summed E-state index contributed by atoms with van der Waals surface area (Å²) in [6, 6.07) is 6.31. The van der Waals surface area contributed by atoms with Crippen LogP contribution in [0, 0.1) is 11.6 Å². The van der Waals surface area contributed by atoms with Crippen molar-refractivity contribution in [1.29, 1.82) is 0 Å². The van der Waals surface area contributed by atoms with Crippen LogP contribution in [0.5, 0.6) is 0 Å². The molecule has 0 amide bonds. The number of anilines is 2. The average molecular weight is 250 g/mol. The summed E-state index contributed by atoms with van der Waals surface area (Å²) in [5.41, 5.74) is 5.85. The van der Waals surface area contributed by atoms with Crippen molar-refractivity contribution in [2.24, 2.45) is 0 Å². The van der Waals surface area contributed by atoms with Gasteiger partial charge in [-0.1, -0.05) is 18.2 Å². The molecule has 1 aromatic heterocycles. The minimum absolute atomic E-state index is 0.0215. The summed E-state index contributed by atoms with van der Waals surface area (Å²) in [6.07, 6.45) is 0.996. The normalized spacial score (nSPS) is 10.4. The SMILES string of the molecule is CN(Cc1ccccc1F)c1nc(N)ncc1F. The summed E-state index contributed by atoms with van der Waals surface area (Å²) in [5.74, 6) is -0.910. The van der Waals surface area contributed by atoms with Gasteiger partial charge in [0.15, 0.2) is 11.6 Å². The third-order valence-electron chi connectivity index (χ3n) is 2.47. The highest BCUT2D eigenvalue weighted by atomic mass is 19.1. The average Bonchev–Trinajstić information content (AvgIpc) is 2.35. The molecule has 0 fully saturated rings. The van der Waals surface area contributed by atoms with E-state index in [1.165, 1.54) is 11.0 Å². The lowest BCUT2D eigenvalue weighted by Gasteiger charge is -2.19. The monoisotopic (exact) mass is 250 g/mol. The Morgan fingerprint density at radius 3 is 2.67 bits per heavy atom. The zero-order valence-corrected chi connectivity index (χ0v) is 9.77. The van der Waals surface area contributed by atoms with E-state index in [0.29, 0.717) is 5.56 Å². The number of hydrogen-bond acceptors (Lipinski definition) is 4. The van der Waals surface area contributed by atoms with Crippen molar-refractivity contribution in [3.05, 3.63) is 47.7 Å². The summed E-state index contributed by atoms with van der Waals surface area (Å²) in [7, 11) is 1.61. The minimum Gasteiger partial charge on any atom is -0.368 e. The van der Waals surface area contributed by atoms with Crippen LogP contribution in [-0.2, 0) is 6.54 Å². The maximum atomic E-state index is 13.5. The Labute approximate surface area is 103 Å². The summed E-state index contributed by atoms with van der Waals surface area (Å²) in [6.45, 7) is 0.194. The summed E-state index contributed by atoms with van der Waals surface area (Å²) in [4.78, 5) is 8.81. The third-order valence-corrected chi connectivity index (χ3v) is 2.47.